The highest BCUT2D eigenvalue weighted by Gasteiger charge is 2.24. The van der Waals surface area contributed by atoms with Gasteiger partial charge in [0.1, 0.15) is 0 Å². The summed E-state index contributed by atoms with van der Waals surface area (Å²) in [7, 11) is 6.25. The third-order valence-electron chi connectivity index (χ3n) is 6.84. The Bertz CT molecular complexity index is 1420. The molecule has 0 unspecified atom stereocenters. The zero-order valence-electron chi connectivity index (χ0n) is 22.0. The highest BCUT2D eigenvalue weighted by Crippen LogP contribution is 2.46. The van der Waals surface area contributed by atoms with Gasteiger partial charge < -0.3 is 19.3 Å². The minimum absolute atomic E-state index is 0.101. The topological polar surface area (TPSA) is 90.4 Å². The molecule has 0 saturated heterocycles. The van der Waals surface area contributed by atoms with Crippen LogP contribution in [0.2, 0.25) is 0 Å². The number of nitro benzene ring substituents is 1. The number of aryl methyl sites for hydroxylation is 1. The van der Waals surface area contributed by atoms with Gasteiger partial charge in [0, 0.05) is 48.6 Å². The van der Waals surface area contributed by atoms with E-state index in [2.05, 4.69) is 55.2 Å². The number of non-ortho nitro benzene ring substituents is 1. The van der Waals surface area contributed by atoms with Crippen LogP contribution < -0.4 is 14.6 Å². The lowest BCUT2D eigenvalue weighted by atomic mass is 10.1. The molecule has 1 aliphatic heterocycles. The van der Waals surface area contributed by atoms with Crippen molar-refractivity contribution in [3.8, 4) is 0 Å². The third kappa shape index (κ3) is 6.59. The number of benzene rings is 2. The van der Waals surface area contributed by atoms with Crippen LogP contribution in [0.3, 0.4) is 0 Å². The molecule has 0 atom stereocenters. The quantitative estimate of drug-likeness (QED) is 0.159. The second-order valence-corrected chi connectivity index (χ2v) is 11.2. The van der Waals surface area contributed by atoms with Crippen molar-refractivity contribution >= 4 is 46.1 Å². The molecular formula is C29H33N4O4S+. The number of hydrogen-bond acceptors (Lipinski definition) is 6. The van der Waals surface area contributed by atoms with Crippen LogP contribution in [0.5, 0.6) is 0 Å². The molecule has 3 aromatic rings. The van der Waals surface area contributed by atoms with E-state index in [-0.39, 0.29) is 17.0 Å². The van der Waals surface area contributed by atoms with Crippen LogP contribution >= 0.6 is 11.8 Å². The van der Waals surface area contributed by atoms with Gasteiger partial charge in [-0.15, -0.1) is 0 Å². The maximum Gasteiger partial charge on any atom is 0.270 e. The first-order valence-electron chi connectivity index (χ1n) is 12.7. The second-order valence-electron chi connectivity index (χ2n) is 10.1. The molecule has 0 radical (unpaired) electrons. The number of carbonyl (C=O) groups is 1. The Morgan fingerprint density at radius 3 is 2.66 bits per heavy atom. The van der Waals surface area contributed by atoms with Crippen molar-refractivity contribution in [2.24, 2.45) is 0 Å². The van der Waals surface area contributed by atoms with Gasteiger partial charge in [0.25, 0.3) is 5.69 Å². The van der Waals surface area contributed by atoms with E-state index in [1.54, 1.807) is 12.1 Å². The van der Waals surface area contributed by atoms with Crippen LogP contribution in [-0.2, 0) is 11.3 Å². The first-order chi connectivity index (χ1) is 18.1. The van der Waals surface area contributed by atoms with Gasteiger partial charge in [0.2, 0.25) is 5.52 Å². The average Bonchev–Trinajstić information content (AvgIpc) is 3.19. The molecule has 0 saturated carbocycles. The fraction of sp³-hybridized carbons (Fsp3) is 0.310. The number of aromatic nitrogens is 1. The van der Waals surface area contributed by atoms with Gasteiger partial charge in [-0.1, -0.05) is 36.0 Å². The number of para-hydroxylation sites is 1. The lowest BCUT2D eigenvalue weighted by Crippen LogP contribution is -2.44. The maximum absolute atomic E-state index is 11.1. The molecule has 2 heterocycles. The number of pyridine rings is 1. The van der Waals surface area contributed by atoms with Gasteiger partial charge in [-0.25, -0.2) is 0 Å². The Labute approximate surface area is 227 Å². The van der Waals surface area contributed by atoms with Crippen molar-refractivity contribution in [3.63, 3.8) is 0 Å². The molecule has 0 amide bonds. The Morgan fingerprint density at radius 1 is 1.13 bits per heavy atom. The summed E-state index contributed by atoms with van der Waals surface area (Å²) in [6, 6.07) is 15.4. The van der Waals surface area contributed by atoms with Crippen molar-refractivity contribution in [1.82, 2.24) is 0 Å². The van der Waals surface area contributed by atoms with E-state index in [0.29, 0.717) is 6.42 Å². The SMILES string of the molecule is CN1C(=CC=Cc2cc[n+](CCC[N+](C)(C)CCCC(=O)[O-])c3ccccc23)Sc2cc([N+](=O)[O-])ccc21. The second kappa shape index (κ2) is 11.8. The number of carboxylic acid groups (broad SMARTS) is 1. The summed E-state index contributed by atoms with van der Waals surface area (Å²) >= 11 is 1.53. The number of carbonyl (C=O) groups excluding carboxylic acids is 1. The summed E-state index contributed by atoms with van der Waals surface area (Å²) in [5.74, 6) is -0.984. The number of thioether (sulfide) groups is 1. The van der Waals surface area contributed by atoms with Crippen molar-refractivity contribution in [2.75, 3.05) is 39.1 Å². The van der Waals surface area contributed by atoms with Crippen molar-refractivity contribution in [2.45, 2.75) is 30.7 Å². The zero-order chi connectivity index (χ0) is 27.3. The molecule has 0 bridgehead atoms. The van der Waals surface area contributed by atoms with E-state index >= 15 is 0 Å². The average molecular weight is 534 g/mol. The number of hydrogen-bond donors (Lipinski definition) is 0. The number of aliphatic carboxylic acids is 1. The monoisotopic (exact) mass is 533 g/mol. The van der Waals surface area contributed by atoms with Gasteiger partial charge in [-0.2, -0.15) is 4.57 Å². The predicted octanol–water partition coefficient (Wildman–Crippen LogP) is 4.13. The number of nitrogens with zero attached hydrogens (tertiary/aromatic N) is 4. The fourth-order valence-electron chi connectivity index (χ4n) is 4.74. The Kier molecular flexibility index (Phi) is 8.48. The fourth-order valence-corrected chi connectivity index (χ4v) is 5.83. The molecular weight excluding hydrogens is 500 g/mol. The molecule has 0 N–H and O–H groups in total. The smallest absolute Gasteiger partial charge is 0.270 e. The number of anilines is 1. The van der Waals surface area contributed by atoms with Gasteiger partial charge in [-0.3, -0.25) is 10.1 Å². The molecule has 0 aliphatic carbocycles. The summed E-state index contributed by atoms with van der Waals surface area (Å²) in [5, 5.41) is 24.0. The molecule has 0 fully saturated rings. The highest BCUT2D eigenvalue weighted by atomic mass is 32.2. The summed E-state index contributed by atoms with van der Waals surface area (Å²) < 4.78 is 3.06. The number of fused-ring (bicyclic) bond motifs is 2. The molecule has 1 aromatic heterocycles. The number of nitro groups is 1. The van der Waals surface area contributed by atoms with Crippen LogP contribution in [0.15, 0.2) is 76.8 Å². The van der Waals surface area contributed by atoms with E-state index in [1.807, 2.05) is 30.2 Å². The van der Waals surface area contributed by atoms with Crippen LogP contribution in [0, 0.1) is 10.1 Å². The van der Waals surface area contributed by atoms with Gasteiger partial charge in [-0.05, 0) is 30.2 Å². The molecule has 1 aliphatic rings. The van der Waals surface area contributed by atoms with Crippen molar-refractivity contribution in [1.29, 1.82) is 0 Å². The zero-order valence-corrected chi connectivity index (χ0v) is 22.8. The van der Waals surface area contributed by atoms with E-state index in [9.17, 15) is 20.0 Å². The van der Waals surface area contributed by atoms with E-state index in [0.717, 1.165) is 57.2 Å². The summed E-state index contributed by atoms with van der Waals surface area (Å²) in [6.07, 6.45) is 9.99. The molecule has 0 spiro atoms. The summed E-state index contributed by atoms with van der Waals surface area (Å²) in [5.41, 5.74) is 3.35. The largest absolute Gasteiger partial charge is 0.550 e. The molecule has 2 aromatic carbocycles. The minimum Gasteiger partial charge on any atom is -0.550 e. The Morgan fingerprint density at radius 2 is 1.89 bits per heavy atom. The molecule has 9 heteroatoms. The first kappa shape index (κ1) is 27.3. The standard InChI is InChI=1S/C29H33N4O4S/c1-30-26-15-14-23(32(36)37)21-27(26)38-28(30)12-6-9-22-16-18-31(25-11-5-4-10-24(22)25)17-8-20-33(2,3)19-7-13-29(34)35/h4-6,9-12,14-16,18,21H,7-8,13,17,19-20H2,1-3H3/q+1. The highest BCUT2D eigenvalue weighted by molar-refractivity contribution is 8.03. The van der Waals surface area contributed by atoms with E-state index < -0.39 is 5.97 Å². The molecule has 8 nitrogen and oxygen atoms in total. The van der Waals surface area contributed by atoms with Crippen molar-refractivity contribution in [3.05, 3.63) is 87.6 Å². The van der Waals surface area contributed by atoms with Crippen LogP contribution in [0.25, 0.3) is 17.0 Å². The predicted molar refractivity (Wildman–Crippen MR) is 149 cm³/mol. The third-order valence-corrected chi connectivity index (χ3v) is 8.01. The number of rotatable bonds is 11. The number of carboxylic acids is 1. The van der Waals surface area contributed by atoms with Crippen LogP contribution in [0.4, 0.5) is 11.4 Å². The van der Waals surface area contributed by atoms with Crippen LogP contribution in [0.1, 0.15) is 24.8 Å². The normalized spacial score (nSPS) is 14.5. The van der Waals surface area contributed by atoms with Gasteiger partial charge in [0.05, 0.1) is 54.6 Å². The summed E-state index contributed by atoms with van der Waals surface area (Å²) in [4.78, 5) is 24.4. The lowest BCUT2D eigenvalue weighted by molar-refractivity contribution is -0.892. The molecule has 38 heavy (non-hydrogen) atoms. The Hall–Kier alpha value is -3.69. The summed E-state index contributed by atoms with van der Waals surface area (Å²) in [6.45, 7) is 2.65. The first-order valence-corrected chi connectivity index (χ1v) is 13.5. The molecule has 198 valence electrons. The van der Waals surface area contributed by atoms with Gasteiger partial charge >= 0.3 is 0 Å². The van der Waals surface area contributed by atoms with E-state index in [4.69, 9.17) is 0 Å². The van der Waals surface area contributed by atoms with Gasteiger partial charge in [0.15, 0.2) is 12.7 Å². The minimum atomic E-state index is -0.984. The maximum atomic E-state index is 11.1. The van der Waals surface area contributed by atoms with Crippen LogP contribution in [-0.4, -0.2) is 49.6 Å². The lowest BCUT2D eigenvalue weighted by Gasteiger charge is -2.29. The Balaban J connectivity index is 1.44. The molecule has 4 rings (SSSR count). The van der Waals surface area contributed by atoms with E-state index in [1.165, 1.54) is 23.2 Å². The number of allylic oxidation sites excluding steroid dienone is 2. The van der Waals surface area contributed by atoms with Crippen molar-refractivity contribution < 1.29 is 23.9 Å². The number of quaternary nitrogens is 1.